The predicted molar refractivity (Wildman–Crippen MR) is 64.9 cm³/mol. The Bertz CT molecular complexity index is 300. The van der Waals surface area contributed by atoms with E-state index in [2.05, 4.69) is 36.1 Å². The molecule has 1 saturated heterocycles. The second kappa shape index (κ2) is 5.32. The van der Waals surface area contributed by atoms with Gasteiger partial charge in [0.15, 0.2) is 0 Å². The van der Waals surface area contributed by atoms with Gasteiger partial charge in [-0.05, 0) is 43.5 Å². The summed E-state index contributed by atoms with van der Waals surface area (Å²) in [5.41, 5.74) is 2.98. The molecule has 1 aromatic carbocycles. The fraction of sp³-hybridized carbons (Fsp3) is 0.571. The highest BCUT2D eigenvalue weighted by Crippen LogP contribution is 2.14. The summed E-state index contributed by atoms with van der Waals surface area (Å²) in [7, 11) is 0. The molecular formula is C14H21N. The fourth-order valence-corrected chi connectivity index (χ4v) is 2.37. The number of hydrogen-bond acceptors (Lipinski definition) is 1. The zero-order valence-electron chi connectivity index (χ0n) is 9.71. The van der Waals surface area contributed by atoms with E-state index < -0.39 is 0 Å². The number of benzene rings is 1. The number of aryl methyl sites for hydroxylation is 1. The van der Waals surface area contributed by atoms with Gasteiger partial charge in [0.1, 0.15) is 0 Å². The molecule has 0 unspecified atom stereocenters. The average molecular weight is 203 g/mol. The number of rotatable bonds is 4. The lowest BCUT2D eigenvalue weighted by Gasteiger charge is -2.15. The van der Waals surface area contributed by atoms with Gasteiger partial charge in [0.05, 0.1) is 0 Å². The molecule has 0 aromatic heterocycles. The molecule has 0 saturated carbocycles. The normalized spacial score (nSPS) is 17.1. The standard InChI is InChI=1S/C14H21N/c1-2-6-13-7-5-8-14(11-13)12-15-9-3-4-10-15/h5,7-8,11H,2-4,6,9-10,12H2,1H3. The van der Waals surface area contributed by atoms with Crippen molar-refractivity contribution in [1.82, 2.24) is 4.90 Å². The van der Waals surface area contributed by atoms with E-state index in [4.69, 9.17) is 0 Å². The Morgan fingerprint density at radius 2 is 1.87 bits per heavy atom. The minimum Gasteiger partial charge on any atom is -0.299 e. The maximum Gasteiger partial charge on any atom is 0.0233 e. The van der Waals surface area contributed by atoms with Gasteiger partial charge < -0.3 is 0 Å². The van der Waals surface area contributed by atoms with E-state index >= 15 is 0 Å². The lowest BCUT2D eigenvalue weighted by molar-refractivity contribution is 0.331. The van der Waals surface area contributed by atoms with E-state index in [0.29, 0.717) is 0 Å². The van der Waals surface area contributed by atoms with Crippen LogP contribution in [0, 0.1) is 0 Å². The molecule has 0 bridgehead atoms. The molecule has 82 valence electrons. The first-order valence-electron chi connectivity index (χ1n) is 6.18. The van der Waals surface area contributed by atoms with Crippen molar-refractivity contribution in [3.63, 3.8) is 0 Å². The second-order valence-electron chi connectivity index (χ2n) is 4.55. The van der Waals surface area contributed by atoms with E-state index in [1.807, 2.05) is 0 Å². The van der Waals surface area contributed by atoms with Gasteiger partial charge in [-0.1, -0.05) is 37.6 Å². The Labute approximate surface area is 93.1 Å². The number of hydrogen-bond donors (Lipinski definition) is 0. The van der Waals surface area contributed by atoms with Crippen LogP contribution in [0.1, 0.15) is 37.3 Å². The van der Waals surface area contributed by atoms with E-state index in [0.717, 1.165) is 6.54 Å². The zero-order chi connectivity index (χ0) is 10.5. The monoisotopic (exact) mass is 203 g/mol. The Hall–Kier alpha value is -0.820. The molecule has 0 amide bonds. The first-order valence-corrected chi connectivity index (χ1v) is 6.18. The Morgan fingerprint density at radius 1 is 1.13 bits per heavy atom. The molecule has 1 aliphatic heterocycles. The van der Waals surface area contributed by atoms with E-state index in [1.54, 1.807) is 0 Å². The Kier molecular flexibility index (Phi) is 3.79. The molecule has 0 atom stereocenters. The molecular weight excluding hydrogens is 182 g/mol. The topological polar surface area (TPSA) is 3.24 Å². The van der Waals surface area contributed by atoms with Crippen LogP contribution in [0.3, 0.4) is 0 Å². The number of nitrogens with zero attached hydrogens (tertiary/aromatic N) is 1. The second-order valence-corrected chi connectivity index (χ2v) is 4.55. The summed E-state index contributed by atoms with van der Waals surface area (Å²) in [5.74, 6) is 0. The van der Waals surface area contributed by atoms with Gasteiger partial charge in [-0.15, -0.1) is 0 Å². The first kappa shape index (κ1) is 10.7. The summed E-state index contributed by atoms with van der Waals surface area (Å²) in [6.07, 6.45) is 5.23. The largest absolute Gasteiger partial charge is 0.299 e. The van der Waals surface area contributed by atoms with Crippen LogP contribution in [0.2, 0.25) is 0 Å². The molecule has 15 heavy (non-hydrogen) atoms. The summed E-state index contributed by atoms with van der Waals surface area (Å²) in [6, 6.07) is 9.09. The van der Waals surface area contributed by atoms with Crippen molar-refractivity contribution >= 4 is 0 Å². The maximum absolute atomic E-state index is 2.56. The van der Waals surface area contributed by atoms with Crippen LogP contribution < -0.4 is 0 Å². The summed E-state index contributed by atoms with van der Waals surface area (Å²) >= 11 is 0. The molecule has 1 fully saturated rings. The minimum absolute atomic E-state index is 1.15. The molecule has 0 N–H and O–H groups in total. The van der Waals surface area contributed by atoms with Crippen LogP contribution in [0.4, 0.5) is 0 Å². The van der Waals surface area contributed by atoms with Crippen LogP contribution in [0.15, 0.2) is 24.3 Å². The van der Waals surface area contributed by atoms with Gasteiger partial charge in [0, 0.05) is 6.54 Å². The molecule has 1 aromatic rings. The predicted octanol–water partition coefficient (Wildman–Crippen LogP) is 3.23. The van der Waals surface area contributed by atoms with Crippen LogP contribution >= 0.6 is 0 Å². The highest BCUT2D eigenvalue weighted by molar-refractivity contribution is 5.23. The van der Waals surface area contributed by atoms with E-state index in [9.17, 15) is 0 Å². The summed E-state index contributed by atoms with van der Waals surface area (Å²) in [6.45, 7) is 5.97. The quantitative estimate of drug-likeness (QED) is 0.726. The molecule has 0 radical (unpaired) electrons. The van der Waals surface area contributed by atoms with Gasteiger partial charge in [-0.3, -0.25) is 4.90 Å². The lowest BCUT2D eigenvalue weighted by atomic mass is 10.1. The van der Waals surface area contributed by atoms with Crippen LogP contribution in [0.5, 0.6) is 0 Å². The van der Waals surface area contributed by atoms with Gasteiger partial charge in [0.2, 0.25) is 0 Å². The third kappa shape index (κ3) is 3.07. The SMILES string of the molecule is CCCc1cccc(CN2CCCC2)c1. The molecule has 1 nitrogen and oxygen atoms in total. The molecule has 1 heteroatoms. The minimum atomic E-state index is 1.15. The first-order chi connectivity index (χ1) is 7.38. The highest BCUT2D eigenvalue weighted by atomic mass is 15.1. The van der Waals surface area contributed by atoms with Gasteiger partial charge >= 0.3 is 0 Å². The summed E-state index contributed by atoms with van der Waals surface area (Å²) in [4.78, 5) is 2.56. The maximum atomic E-state index is 2.56. The van der Waals surface area contributed by atoms with Crippen LogP contribution in [-0.2, 0) is 13.0 Å². The van der Waals surface area contributed by atoms with Crippen LogP contribution in [0.25, 0.3) is 0 Å². The van der Waals surface area contributed by atoms with Gasteiger partial charge in [0.25, 0.3) is 0 Å². The van der Waals surface area contributed by atoms with E-state index in [1.165, 1.54) is 49.9 Å². The van der Waals surface area contributed by atoms with Crippen LogP contribution in [-0.4, -0.2) is 18.0 Å². The van der Waals surface area contributed by atoms with E-state index in [-0.39, 0.29) is 0 Å². The van der Waals surface area contributed by atoms with Crippen molar-refractivity contribution < 1.29 is 0 Å². The molecule has 2 rings (SSSR count). The smallest absolute Gasteiger partial charge is 0.0233 e. The third-order valence-corrected chi connectivity index (χ3v) is 3.13. The Balaban J connectivity index is 1.97. The van der Waals surface area contributed by atoms with Gasteiger partial charge in [-0.25, -0.2) is 0 Å². The average Bonchev–Trinajstić information content (AvgIpc) is 2.71. The zero-order valence-corrected chi connectivity index (χ0v) is 9.71. The van der Waals surface area contributed by atoms with Gasteiger partial charge in [-0.2, -0.15) is 0 Å². The van der Waals surface area contributed by atoms with Crippen molar-refractivity contribution in [1.29, 1.82) is 0 Å². The van der Waals surface area contributed by atoms with Crippen molar-refractivity contribution in [2.24, 2.45) is 0 Å². The number of likely N-dealkylation sites (tertiary alicyclic amines) is 1. The molecule has 0 aliphatic carbocycles. The summed E-state index contributed by atoms with van der Waals surface area (Å²) in [5, 5.41) is 0. The molecule has 1 heterocycles. The summed E-state index contributed by atoms with van der Waals surface area (Å²) < 4.78 is 0. The lowest BCUT2D eigenvalue weighted by Crippen LogP contribution is -2.18. The van der Waals surface area contributed by atoms with Crippen molar-refractivity contribution in [3.8, 4) is 0 Å². The van der Waals surface area contributed by atoms with Crippen molar-refractivity contribution in [2.45, 2.75) is 39.2 Å². The third-order valence-electron chi connectivity index (χ3n) is 3.13. The fourth-order valence-electron chi connectivity index (χ4n) is 2.37. The Morgan fingerprint density at radius 3 is 2.60 bits per heavy atom. The highest BCUT2D eigenvalue weighted by Gasteiger charge is 2.11. The molecule has 0 spiro atoms. The van der Waals surface area contributed by atoms with Crippen molar-refractivity contribution in [2.75, 3.05) is 13.1 Å². The molecule has 1 aliphatic rings. The van der Waals surface area contributed by atoms with Crippen molar-refractivity contribution in [3.05, 3.63) is 35.4 Å².